The van der Waals surface area contributed by atoms with Crippen molar-refractivity contribution in [2.75, 3.05) is 26.4 Å². The number of hydrogen-bond donors (Lipinski definition) is 0. The molecule has 10 nitrogen and oxygen atoms in total. The molecule has 0 aromatic carbocycles. The summed E-state index contributed by atoms with van der Waals surface area (Å²) in [5.41, 5.74) is 0.745. The van der Waals surface area contributed by atoms with Crippen LogP contribution in [-0.4, -0.2) is 84.4 Å². The standard InChI is InChI=1S/C22H36N4O6S/c1-15(2)30-22(27)26-12-10-19(11-13-26)32-21-16(3)20(23-14-24-21)31-18-8-6-17(7-9-18)25(4)33(5,28)29/h14-15,17-19H,6-13H2,1-5H3. The van der Waals surface area contributed by atoms with Gasteiger partial charge in [-0.15, -0.1) is 0 Å². The third-order valence-electron chi connectivity index (χ3n) is 6.27. The van der Waals surface area contributed by atoms with Crippen LogP contribution < -0.4 is 9.47 Å². The van der Waals surface area contributed by atoms with E-state index in [4.69, 9.17) is 14.2 Å². The van der Waals surface area contributed by atoms with Crippen LogP contribution in [0.3, 0.4) is 0 Å². The summed E-state index contributed by atoms with van der Waals surface area (Å²) in [7, 11) is -1.56. The molecule has 1 amide bonds. The van der Waals surface area contributed by atoms with Crippen LogP contribution >= 0.6 is 0 Å². The maximum absolute atomic E-state index is 12.1. The highest BCUT2D eigenvalue weighted by Crippen LogP contribution is 2.30. The van der Waals surface area contributed by atoms with Gasteiger partial charge in [0.05, 0.1) is 17.9 Å². The molecule has 0 unspecified atom stereocenters. The summed E-state index contributed by atoms with van der Waals surface area (Å²) in [6.07, 6.45) is 6.61. The van der Waals surface area contributed by atoms with Crippen molar-refractivity contribution in [3.63, 3.8) is 0 Å². The van der Waals surface area contributed by atoms with E-state index in [0.29, 0.717) is 37.7 Å². The molecule has 1 saturated heterocycles. The van der Waals surface area contributed by atoms with Crippen molar-refractivity contribution in [2.24, 2.45) is 0 Å². The predicted molar refractivity (Wildman–Crippen MR) is 123 cm³/mol. The second-order valence-corrected chi connectivity index (χ2v) is 11.2. The second-order valence-electron chi connectivity index (χ2n) is 9.17. The lowest BCUT2D eigenvalue weighted by Crippen LogP contribution is -2.42. The minimum Gasteiger partial charge on any atom is -0.474 e. The fourth-order valence-electron chi connectivity index (χ4n) is 4.20. The van der Waals surface area contributed by atoms with E-state index in [2.05, 4.69) is 9.97 Å². The van der Waals surface area contributed by atoms with Crippen molar-refractivity contribution in [1.29, 1.82) is 0 Å². The third kappa shape index (κ3) is 6.92. The highest BCUT2D eigenvalue weighted by molar-refractivity contribution is 7.88. The maximum atomic E-state index is 12.1. The van der Waals surface area contributed by atoms with Crippen molar-refractivity contribution >= 4 is 16.1 Å². The molecule has 0 atom stereocenters. The molecular formula is C22H36N4O6S. The number of ether oxygens (including phenoxy) is 3. The smallest absolute Gasteiger partial charge is 0.410 e. The van der Waals surface area contributed by atoms with Crippen LogP contribution in [0.1, 0.15) is 57.9 Å². The Bertz CT molecular complexity index is 909. The number of hydrogen-bond acceptors (Lipinski definition) is 8. The molecule has 186 valence electrons. The number of rotatable bonds is 7. The molecule has 11 heteroatoms. The summed E-state index contributed by atoms with van der Waals surface area (Å²) < 4.78 is 42.6. The van der Waals surface area contributed by atoms with E-state index < -0.39 is 10.0 Å². The maximum Gasteiger partial charge on any atom is 0.410 e. The van der Waals surface area contributed by atoms with Gasteiger partial charge in [0, 0.05) is 39.0 Å². The second kappa shape index (κ2) is 10.9. The number of sulfonamides is 1. The lowest BCUT2D eigenvalue weighted by atomic mass is 9.93. The number of aromatic nitrogens is 2. The summed E-state index contributed by atoms with van der Waals surface area (Å²) in [5, 5.41) is 0. The highest BCUT2D eigenvalue weighted by atomic mass is 32.2. The Morgan fingerprint density at radius 2 is 1.55 bits per heavy atom. The molecule has 2 fully saturated rings. The first kappa shape index (κ1) is 25.5. The van der Waals surface area contributed by atoms with Gasteiger partial charge in [0.1, 0.15) is 18.5 Å². The monoisotopic (exact) mass is 484 g/mol. The predicted octanol–water partition coefficient (Wildman–Crippen LogP) is 2.75. The van der Waals surface area contributed by atoms with Gasteiger partial charge in [-0.1, -0.05) is 0 Å². The summed E-state index contributed by atoms with van der Waals surface area (Å²) in [4.78, 5) is 22.4. The van der Waals surface area contributed by atoms with E-state index in [9.17, 15) is 13.2 Å². The van der Waals surface area contributed by atoms with E-state index >= 15 is 0 Å². The Labute approximate surface area is 196 Å². The minimum atomic E-state index is -3.19. The average molecular weight is 485 g/mol. The number of piperidine rings is 1. The van der Waals surface area contributed by atoms with Crippen molar-refractivity contribution < 1.29 is 27.4 Å². The molecule has 1 saturated carbocycles. The van der Waals surface area contributed by atoms with Crippen LogP contribution in [0.4, 0.5) is 4.79 Å². The summed E-state index contributed by atoms with van der Waals surface area (Å²) in [6.45, 7) is 6.71. The van der Waals surface area contributed by atoms with E-state index in [1.165, 1.54) is 16.9 Å². The molecule has 3 rings (SSSR count). The van der Waals surface area contributed by atoms with Crippen molar-refractivity contribution in [2.45, 2.75) is 83.6 Å². The first-order chi connectivity index (χ1) is 15.5. The fourth-order valence-corrected chi connectivity index (χ4v) is 4.95. The Morgan fingerprint density at radius 1 is 1.03 bits per heavy atom. The van der Waals surface area contributed by atoms with Crippen LogP contribution in [0.25, 0.3) is 0 Å². The highest BCUT2D eigenvalue weighted by Gasteiger charge is 2.30. The molecule has 0 radical (unpaired) electrons. The number of carbonyl (C=O) groups excluding carboxylic acids is 1. The molecule has 1 aliphatic carbocycles. The van der Waals surface area contributed by atoms with Crippen LogP contribution in [0.2, 0.25) is 0 Å². The first-order valence-corrected chi connectivity index (χ1v) is 13.4. The van der Waals surface area contributed by atoms with Gasteiger partial charge < -0.3 is 19.1 Å². The number of nitrogens with zero attached hydrogens (tertiary/aromatic N) is 4. The number of likely N-dealkylation sites (tertiary alicyclic amines) is 1. The van der Waals surface area contributed by atoms with Gasteiger partial charge in [-0.3, -0.25) is 0 Å². The molecule has 0 spiro atoms. The van der Waals surface area contributed by atoms with Crippen LogP contribution in [-0.2, 0) is 14.8 Å². The topological polar surface area (TPSA) is 111 Å². The van der Waals surface area contributed by atoms with Gasteiger partial charge in [-0.25, -0.2) is 27.5 Å². The van der Waals surface area contributed by atoms with Gasteiger partial charge in [0.25, 0.3) is 0 Å². The fraction of sp³-hybridized carbons (Fsp3) is 0.773. The van der Waals surface area contributed by atoms with Gasteiger partial charge in [0.2, 0.25) is 21.8 Å². The van der Waals surface area contributed by atoms with Crippen molar-refractivity contribution in [1.82, 2.24) is 19.2 Å². The number of carbonyl (C=O) groups is 1. The van der Waals surface area contributed by atoms with Gasteiger partial charge in [-0.05, 0) is 46.5 Å². The van der Waals surface area contributed by atoms with E-state index in [-0.39, 0.29) is 30.4 Å². The lowest BCUT2D eigenvalue weighted by molar-refractivity contribution is 0.0503. The van der Waals surface area contributed by atoms with Crippen LogP contribution in [0.15, 0.2) is 6.33 Å². The zero-order chi connectivity index (χ0) is 24.2. The molecular weight excluding hydrogens is 448 g/mol. The average Bonchev–Trinajstić information content (AvgIpc) is 2.76. The first-order valence-electron chi connectivity index (χ1n) is 11.6. The molecule has 1 aliphatic heterocycles. The third-order valence-corrected chi connectivity index (χ3v) is 7.61. The summed E-state index contributed by atoms with van der Waals surface area (Å²) in [6, 6.07) is 0.00827. The van der Waals surface area contributed by atoms with E-state index in [1.54, 1.807) is 11.9 Å². The lowest BCUT2D eigenvalue weighted by Gasteiger charge is -2.33. The number of amides is 1. The van der Waals surface area contributed by atoms with Crippen LogP contribution in [0.5, 0.6) is 11.8 Å². The Hall–Kier alpha value is -2.14. The van der Waals surface area contributed by atoms with E-state index in [1.807, 2.05) is 20.8 Å². The molecule has 1 aromatic heterocycles. The Kier molecular flexibility index (Phi) is 8.38. The Balaban J connectivity index is 1.52. The SMILES string of the molecule is Cc1c(OC2CCC(N(C)S(C)(=O)=O)CC2)ncnc1OC1CCN(C(=O)OC(C)C)CC1. The van der Waals surface area contributed by atoms with Gasteiger partial charge >= 0.3 is 6.09 Å². The largest absolute Gasteiger partial charge is 0.474 e. The molecule has 2 aliphatic rings. The molecule has 0 N–H and O–H groups in total. The summed E-state index contributed by atoms with van der Waals surface area (Å²) in [5.74, 6) is 0.992. The normalized spacial score (nSPS) is 22.5. The van der Waals surface area contributed by atoms with E-state index in [0.717, 1.165) is 31.2 Å². The molecule has 33 heavy (non-hydrogen) atoms. The minimum absolute atomic E-state index is 0.00827. The molecule has 2 heterocycles. The van der Waals surface area contributed by atoms with Crippen molar-refractivity contribution in [3.05, 3.63) is 11.9 Å². The summed E-state index contributed by atoms with van der Waals surface area (Å²) >= 11 is 0. The molecule has 0 bridgehead atoms. The van der Waals surface area contributed by atoms with Gasteiger partial charge in [-0.2, -0.15) is 0 Å². The Morgan fingerprint density at radius 3 is 2.03 bits per heavy atom. The quantitative estimate of drug-likeness (QED) is 0.581. The van der Waals surface area contributed by atoms with Crippen LogP contribution in [0, 0.1) is 6.92 Å². The zero-order valence-electron chi connectivity index (χ0n) is 20.2. The molecule has 1 aromatic rings. The van der Waals surface area contributed by atoms with Crippen molar-refractivity contribution in [3.8, 4) is 11.8 Å². The zero-order valence-corrected chi connectivity index (χ0v) is 21.0. The van der Waals surface area contributed by atoms with Gasteiger partial charge in [0.15, 0.2) is 0 Å².